The summed E-state index contributed by atoms with van der Waals surface area (Å²) >= 11 is 7.23. The van der Waals surface area contributed by atoms with E-state index in [2.05, 4.69) is 15.3 Å². The number of sulfonamides is 1. The third kappa shape index (κ3) is 4.24. The van der Waals surface area contributed by atoms with Gasteiger partial charge in [0.2, 0.25) is 5.91 Å². The van der Waals surface area contributed by atoms with Gasteiger partial charge in [-0.3, -0.25) is 9.10 Å². The maximum atomic E-state index is 12.7. The molecule has 1 aliphatic rings. The Bertz CT molecular complexity index is 1000. The number of carbonyl (C=O) groups excluding carboxylic acids is 1. The van der Waals surface area contributed by atoms with E-state index in [1.807, 2.05) is 0 Å². The molecule has 0 fully saturated rings. The molecule has 0 saturated heterocycles. The van der Waals surface area contributed by atoms with Crippen molar-refractivity contribution in [2.45, 2.75) is 16.5 Å². The second-order valence-electron chi connectivity index (χ2n) is 5.98. The Morgan fingerprint density at radius 2 is 2.18 bits per heavy atom. The Kier molecular flexibility index (Phi) is 6.43. The summed E-state index contributed by atoms with van der Waals surface area (Å²) in [4.78, 5) is 20.4. The summed E-state index contributed by atoms with van der Waals surface area (Å²) in [6, 6.07) is 4.94. The molecule has 2 heterocycles. The van der Waals surface area contributed by atoms with Crippen LogP contribution in [0.1, 0.15) is 6.42 Å². The number of rotatable bonds is 7. The van der Waals surface area contributed by atoms with E-state index in [0.717, 1.165) is 18.2 Å². The van der Waals surface area contributed by atoms with Crippen molar-refractivity contribution in [1.29, 1.82) is 0 Å². The monoisotopic (exact) mass is 442 g/mol. The number of amides is 1. The molecule has 3 rings (SSSR count). The second kappa shape index (κ2) is 8.64. The summed E-state index contributed by atoms with van der Waals surface area (Å²) in [7, 11) is -0.668. The summed E-state index contributed by atoms with van der Waals surface area (Å²) in [5, 5.41) is 3.57. The number of hydrogen-bond acceptors (Lipinski definition) is 7. The van der Waals surface area contributed by atoms with Gasteiger partial charge in [-0.25, -0.2) is 18.4 Å². The van der Waals surface area contributed by atoms with E-state index in [4.69, 9.17) is 16.3 Å². The minimum atomic E-state index is -3.75. The molecule has 0 aliphatic carbocycles. The minimum Gasteiger partial charge on any atom is -0.385 e. The number of thioether (sulfide) groups is 1. The number of methoxy groups -OCH3 is 1. The molecule has 2 aromatic rings. The summed E-state index contributed by atoms with van der Waals surface area (Å²) < 4.78 is 31.6. The molecule has 0 saturated carbocycles. The van der Waals surface area contributed by atoms with Crippen LogP contribution in [-0.4, -0.2) is 57.4 Å². The van der Waals surface area contributed by atoms with Crippen LogP contribution in [0.2, 0.25) is 5.02 Å². The van der Waals surface area contributed by atoms with Gasteiger partial charge in [-0.05, 0) is 24.6 Å². The van der Waals surface area contributed by atoms with Crippen LogP contribution in [-0.2, 0) is 19.6 Å². The lowest BCUT2D eigenvalue weighted by molar-refractivity contribution is -0.118. The molecule has 8 nitrogen and oxygen atoms in total. The number of carbonyl (C=O) groups is 1. The maximum absolute atomic E-state index is 12.7. The number of nitrogens with zero attached hydrogens (tertiary/aromatic N) is 3. The first-order chi connectivity index (χ1) is 13.3. The van der Waals surface area contributed by atoms with E-state index in [1.54, 1.807) is 25.3 Å². The van der Waals surface area contributed by atoms with E-state index in [9.17, 15) is 13.2 Å². The zero-order valence-corrected chi connectivity index (χ0v) is 17.7. The van der Waals surface area contributed by atoms with Gasteiger partial charge in [-0.2, -0.15) is 0 Å². The molecular weight excluding hydrogens is 424 g/mol. The molecule has 28 heavy (non-hydrogen) atoms. The Morgan fingerprint density at radius 1 is 1.39 bits per heavy atom. The van der Waals surface area contributed by atoms with E-state index in [0.29, 0.717) is 34.6 Å². The molecule has 1 N–H and O–H groups in total. The highest BCUT2D eigenvalue weighted by atomic mass is 35.5. The van der Waals surface area contributed by atoms with E-state index >= 15 is 0 Å². The van der Waals surface area contributed by atoms with Gasteiger partial charge in [-0.15, -0.1) is 0 Å². The van der Waals surface area contributed by atoms with E-state index in [1.165, 1.54) is 17.5 Å². The summed E-state index contributed by atoms with van der Waals surface area (Å²) in [5.74, 6) is -0.0286. The smallest absolute Gasteiger partial charge is 0.267 e. The largest absolute Gasteiger partial charge is 0.385 e. The average Bonchev–Trinajstić information content (AvgIpc) is 2.68. The fourth-order valence-electron chi connectivity index (χ4n) is 2.68. The Morgan fingerprint density at radius 3 is 2.93 bits per heavy atom. The highest BCUT2D eigenvalue weighted by Gasteiger charge is 2.34. The van der Waals surface area contributed by atoms with Crippen molar-refractivity contribution in [1.82, 2.24) is 15.3 Å². The van der Waals surface area contributed by atoms with Crippen LogP contribution >= 0.6 is 23.4 Å². The molecule has 11 heteroatoms. The minimum absolute atomic E-state index is 0.0122. The Labute approximate surface area is 172 Å². The molecule has 1 aromatic heterocycles. The third-order valence-electron chi connectivity index (χ3n) is 4.10. The van der Waals surface area contributed by atoms with Gasteiger partial charge in [0.1, 0.15) is 4.90 Å². The molecule has 0 unspecified atom stereocenters. The number of hydrogen-bond donors (Lipinski definition) is 1. The number of aromatic nitrogens is 2. The van der Waals surface area contributed by atoms with Crippen molar-refractivity contribution in [2.24, 2.45) is 0 Å². The molecule has 0 radical (unpaired) electrons. The first-order valence-electron chi connectivity index (χ1n) is 8.39. The molecule has 0 spiro atoms. The lowest BCUT2D eigenvalue weighted by Crippen LogP contribution is -2.31. The normalized spacial score (nSPS) is 14.3. The molecule has 1 aromatic carbocycles. The van der Waals surface area contributed by atoms with Crippen LogP contribution in [0.5, 0.6) is 0 Å². The summed E-state index contributed by atoms with van der Waals surface area (Å²) in [6.07, 6.45) is 2.00. The molecule has 0 bridgehead atoms. The van der Waals surface area contributed by atoms with Gasteiger partial charge in [-0.1, -0.05) is 23.4 Å². The topological polar surface area (TPSA) is 101 Å². The van der Waals surface area contributed by atoms with Crippen molar-refractivity contribution in [3.63, 3.8) is 0 Å². The predicted molar refractivity (Wildman–Crippen MR) is 108 cm³/mol. The first-order valence-corrected chi connectivity index (χ1v) is 11.2. The SMILES string of the molecule is COCCCNC(=O)CSc1ncc2c(n1)-c1cc(Cl)ccc1N(C)S2(=O)=O. The molecular formula is C17H19ClN4O4S2. The number of fused-ring (bicyclic) bond motifs is 3. The van der Waals surface area contributed by atoms with E-state index in [-0.39, 0.29) is 22.2 Å². The lowest BCUT2D eigenvalue weighted by Gasteiger charge is -2.28. The number of nitrogens with one attached hydrogen (secondary N) is 1. The van der Waals surface area contributed by atoms with Crippen molar-refractivity contribution in [3.8, 4) is 11.3 Å². The number of benzene rings is 1. The first kappa shape index (κ1) is 20.8. The lowest BCUT2D eigenvalue weighted by atomic mass is 10.1. The second-order valence-corrected chi connectivity index (χ2v) is 9.30. The van der Waals surface area contributed by atoms with Crippen LogP contribution in [0.25, 0.3) is 11.3 Å². The van der Waals surface area contributed by atoms with Gasteiger partial charge in [0.15, 0.2) is 5.16 Å². The van der Waals surface area contributed by atoms with Crippen LogP contribution < -0.4 is 9.62 Å². The molecule has 0 atom stereocenters. The maximum Gasteiger partial charge on any atom is 0.267 e. The van der Waals surface area contributed by atoms with Gasteiger partial charge in [0, 0.05) is 37.9 Å². The zero-order valence-electron chi connectivity index (χ0n) is 15.3. The van der Waals surface area contributed by atoms with Crippen LogP contribution in [0.3, 0.4) is 0 Å². The van der Waals surface area contributed by atoms with Crippen molar-refractivity contribution < 1.29 is 17.9 Å². The van der Waals surface area contributed by atoms with Crippen molar-refractivity contribution in [3.05, 3.63) is 29.4 Å². The summed E-state index contributed by atoms with van der Waals surface area (Å²) in [5.41, 5.74) is 1.38. The van der Waals surface area contributed by atoms with Gasteiger partial charge < -0.3 is 10.1 Å². The van der Waals surface area contributed by atoms with Crippen LogP contribution in [0, 0.1) is 0 Å². The van der Waals surface area contributed by atoms with Crippen molar-refractivity contribution >= 4 is 45.0 Å². The van der Waals surface area contributed by atoms with E-state index < -0.39 is 10.0 Å². The van der Waals surface area contributed by atoms with Gasteiger partial charge in [0.25, 0.3) is 10.0 Å². The predicted octanol–water partition coefficient (Wildman–Crippen LogP) is 2.18. The number of anilines is 1. The highest BCUT2D eigenvalue weighted by molar-refractivity contribution is 7.99. The van der Waals surface area contributed by atoms with Crippen LogP contribution in [0.4, 0.5) is 5.69 Å². The molecule has 1 amide bonds. The summed E-state index contributed by atoms with van der Waals surface area (Å²) in [6.45, 7) is 1.10. The fraction of sp³-hybridized carbons (Fsp3) is 0.353. The average molecular weight is 443 g/mol. The van der Waals surface area contributed by atoms with Gasteiger partial charge >= 0.3 is 0 Å². The quantitative estimate of drug-likeness (QED) is 0.398. The van der Waals surface area contributed by atoms with Crippen molar-refractivity contribution in [2.75, 3.05) is 37.4 Å². The Balaban J connectivity index is 1.82. The third-order valence-corrected chi connectivity index (χ3v) is 6.97. The number of ether oxygens (including phenoxy) is 1. The fourth-order valence-corrected chi connectivity index (χ4v) is 4.80. The molecule has 1 aliphatic heterocycles. The van der Waals surface area contributed by atoms with Gasteiger partial charge in [0.05, 0.1) is 23.3 Å². The highest BCUT2D eigenvalue weighted by Crippen LogP contribution is 2.42. The zero-order chi connectivity index (χ0) is 20.3. The molecule has 150 valence electrons. The van der Waals surface area contributed by atoms with Crippen LogP contribution in [0.15, 0.2) is 34.4 Å². The number of halogens is 1. The standard InChI is InChI=1S/C17H19ClN4O4S2/c1-22-13-5-4-11(18)8-12(13)16-14(28(22,24)25)9-20-17(21-16)27-10-15(23)19-6-3-7-26-2/h4-5,8-9H,3,6-7,10H2,1-2H3,(H,19,23). The Hall–Kier alpha value is -1.88.